The van der Waals surface area contributed by atoms with Crippen LogP contribution in [0.1, 0.15) is 31.4 Å². The first-order chi connectivity index (χ1) is 9.77. The Labute approximate surface area is 120 Å². The van der Waals surface area contributed by atoms with Gasteiger partial charge < -0.3 is 14.8 Å². The molecule has 0 aliphatic carbocycles. The van der Waals surface area contributed by atoms with Gasteiger partial charge in [0.25, 0.3) is 0 Å². The highest BCUT2D eigenvalue weighted by Crippen LogP contribution is 2.34. The smallest absolute Gasteiger partial charge is 0.0741 e. The molecule has 5 heteroatoms. The molecule has 0 radical (unpaired) electrons. The fourth-order valence-electron chi connectivity index (χ4n) is 3.34. The molecule has 0 amide bonds. The molecule has 0 aromatic carbocycles. The van der Waals surface area contributed by atoms with Crippen LogP contribution in [0.25, 0.3) is 0 Å². The normalized spacial score (nSPS) is 25.9. The number of aryl methyl sites for hydroxylation is 1. The Morgan fingerprint density at radius 2 is 2.25 bits per heavy atom. The molecular formula is C15H25N3O2. The van der Waals surface area contributed by atoms with E-state index in [1.165, 1.54) is 5.69 Å². The first-order valence-electron chi connectivity index (χ1n) is 7.69. The maximum absolute atomic E-state index is 6.07. The first kappa shape index (κ1) is 14.0. The number of nitrogens with zero attached hydrogens (tertiary/aromatic N) is 2. The van der Waals surface area contributed by atoms with Crippen molar-refractivity contribution < 1.29 is 9.47 Å². The monoisotopic (exact) mass is 279 g/mol. The average Bonchev–Trinajstić information content (AvgIpc) is 2.86. The van der Waals surface area contributed by atoms with Gasteiger partial charge in [-0.3, -0.25) is 4.68 Å². The highest BCUT2D eigenvalue weighted by atomic mass is 16.5. The Balaban J connectivity index is 1.47. The third-order valence-corrected chi connectivity index (χ3v) is 4.63. The van der Waals surface area contributed by atoms with E-state index in [1.54, 1.807) is 0 Å². The minimum atomic E-state index is 0.0840. The van der Waals surface area contributed by atoms with Gasteiger partial charge in [-0.1, -0.05) is 0 Å². The van der Waals surface area contributed by atoms with E-state index in [0.717, 1.165) is 58.5 Å². The summed E-state index contributed by atoms with van der Waals surface area (Å²) in [5.41, 5.74) is 1.37. The Hall–Kier alpha value is -0.910. The van der Waals surface area contributed by atoms with Gasteiger partial charge in [-0.05, 0) is 31.7 Å². The second-order valence-corrected chi connectivity index (χ2v) is 5.98. The number of hydrogen-bond donors (Lipinski definition) is 1. The van der Waals surface area contributed by atoms with Gasteiger partial charge in [0.05, 0.1) is 5.60 Å². The van der Waals surface area contributed by atoms with Gasteiger partial charge in [-0.2, -0.15) is 5.10 Å². The van der Waals surface area contributed by atoms with Crippen LogP contribution in [0, 0.1) is 0 Å². The fourth-order valence-corrected chi connectivity index (χ4v) is 3.34. The summed E-state index contributed by atoms with van der Waals surface area (Å²) < 4.78 is 13.5. The standard InChI is InChI=1S/C15H25N3O2/c1-18-14(3-8-17-18)2-7-16-13-4-9-20-15(12-13)5-10-19-11-6-15/h3,8,13,16H,2,4-7,9-12H2,1H3/t13-/m1/s1. The van der Waals surface area contributed by atoms with Gasteiger partial charge in [0.15, 0.2) is 0 Å². The van der Waals surface area contributed by atoms with E-state index in [2.05, 4.69) is 16.5 Å². The maximum atomic E-state index is 6.07. The van der Waals surface area contributed by atoms with Crippen LogP contribution < -0.4 is 5.32 Å². The molecule has 2 saturated heterocycles. The summed E-state index contributed by atoms with van der Waals surface area (Å²) in [6.45, 7) is 3.59. The second-order valence-electron chi connectivity index (χ2n) is 5.98. The molecule has 0 bridgehead atoms. The van der Waals surface area contributed by atoms with Crippen molar-refractivity contribution in [1.82, 2.24) is 15.1 Å². The minimum Gasteiger partial charge on any atom is -0.381 e. The lowest BCUT2D eigenvalue weighted by molar-refractivity contribution is -0.140. The number of aromatic nitrogens is 2. The second kappa shape index (κ2) is 6.24. The largest absolute Gasteiger partial charge is 0.381 e. The highest BCUT2D eigenvalue weighted by Gasteiger charge is 2.38. The topological polar surface area (TPSA) is 48.3 Å². The van der Waals surface area contributed by atoms with E-state index in [0.29, 0.717) is 6.04 Å². The number of hydrogen-bond acceptors (Lipinski definition) is 4. The summed E-state index contributed by atoms with van der Waals surface area (Å²) >= 11 is 0. The van der Waals surface area contributed by atoms with Crippen LogP contribution in [0.5, 0.6) is 0 Å². The van der Waals surface area contributed by atoms with Gasteiger partial charge in [-0.15, -0.1) is 0 Å². The van der Waals surface area contributed by atoms with Crippen molar-refractivity contribution in [2.45, 2.75) is 43.7 Å². The predicted molar refractivity (Wildman–Crippen MR) is 76.7 cm³/mol. The summed E-state index contributed by atoms with van der Waals surface area (Å²) in [6.07, 6.45) is 7.24. The summed E-state index contributed by atoms with van der Waals surface area (Å²) in [7, 11) is 2.00. The molecule has 0 saturated carbocycles. The lowest BCUT2D eigenvalue weighted by atomic mass is 9.84. The molecule has 3 rings (SSSR count). The summed E-state index contributed by atoms with van der Waals surface area (Å²) in [5.74, 6) is 0. The van der Waals surface area contributed by atoms with Gasteiger partial charge >= 0.3 is 0 Å². The van der Waals surface area contributed by atoms with E-state index >= 15 is 0 Å². The molecule has 2 aliphatic heterocycles. The van der Waals surface area contributed by atoms with E-state index in [4.69, 9.17) is 9.47 Å². The molecule has 1 atom stereocenters. The fraction of sp³-hybridized carbons (Fsp3) is 0.800. The number of rotatable bonds is 4. The molecule has 2 fully saturated rings. The van der Waals surface area contributed by atoms with Crippen molar-refractivity contribution in [3.63, 3.8) is 0 Å². The van der Waals surface area contributed by atoms with Crippen LogP contribution in [-0.2, 0) is 22.9 Å². The number of nitrogens with one attached hydrogen (secondary N) is 1. The van der Waals surface area contributed by atoms with Crippen LogP contribution in [0.4, 0.5) is 0 Å². The zero-order valence-electron chi connectivity index (χ0n) is 12.3. The number of ether oxygens (including phenoxy) is 2. The predicted octanol–water partition coefficient (Wildman–Crippen LogP) is 1.28. The van der Waals surface area contributed by atoms with Crippen LogP contribution in [0.15, 0.2) is 12.3 Å². The highest BCUT2D eigenvalue weighted by molar-refractivity contribution is 5.00. The summed E-state index contributed by atoms with van der Waals surface area (Å²) in [5, 5.41) is 7.90. The minimum absolute atomic E-state index is 0.0840. The van der Waals surface area contributed by atoms with Crippen LogP contribution in [0.2, 0.25) is 0 Å². The molecule has 1 aromatic rings. The molecule has 112 valence electrons. The zero-order valence-corrected chi connectivity index (χ0v) is 12.3. The van der Waals surface area contributed by atoms with Crippen LogP contribution in [0.3, 0.4) is 0 Å². The Kier molecular flexibility index (Phi) is 4.38. The third-order valence-electron chi connectivity index (χ3n) is 4.63. The van der Waals surface area contributed by atoms with E-state index in [1.807, 2.05) is 17.9 Å². The summed E-state index contributed by atoms with van der Waals surface area (Å²) in [4.78, 5) is 0. The molecule has 0 unspecified atom stereocenters. The van der Waals surface area contributed by atoms with Crippen molar-refractivity contribution in [2.24, 2.45) is 7.05 Å². The van der Waals surface area contributed by atoms with Crippen molar-refractivity contribution in [1.29, 1.82) is 0 Å². The van der Waals surface area contributed by atoms with Crippen molar-refractivity contribution in [3.8, 4) is 0 Å². The zero-order chi connectivity index (χ0) is 13.8. The van der Waals surface area contributed by atoms with E-state index < -0.39 is 0 Å². The van der Waals surface area contributed by atoms with Crippen molar-refractivity contribution in [2.75, 3.05) is 26.4 Å². The van der Waals surface area contributed by atoms with Crippen LogP contribution in [-0.4, -0.2) is 47.8 Å². The lowest BCUT2D eigenvalue weighted by Crippen LogP contribution is -2.50. The molecule has 1 N–H and O–H groups in total. The van der Waals surface area contributed by atoms with Crippen molar-refractivity contribution in [3.05, 3.63) is 18.0 Å². The molecule has 1 aromatic heterocycles. The maximum Gasteiger partial charge on any atom is 0.0741 e. The Morgan fingerprint density at radius 1 is 1.40 bits per heavy atom. The third kappa shape index (κ3) is 3.22. The molecular weight excluding hydrogens is 254 g/mol. The Bertz CT molecular complexity index is 421. The molecule has 1 spiro atoms. The molecule has 20 heavy (non-hydrogen) atoms. The lowest BCUT2D eigenvalue weighted by Gasteiger charge is -2.43. The van der Waals surface area contributed by atoms with E-state index in [-0.39, 0.29) is 5.60 Å². The SMILES string of the molecule is Cn1nccc1CCN[C@@H]1CCOC2(CCOCC2)C1. The average molecular weight is 279 g/mol. The summed E-state index contributed by atoms with van der Waals surface area (Å²) in [6, 6.07) is 2.67. The quantitative estimate of drug-likeness (QED) is 0.902. The van der Waals surface area contributed by atoms with Gasteiger partial charge in [0.1, 0.15) is 0 Å². The molecule has 2 aliphatic rings. The Morgan fingerprint density at radius 3 is 3.00 bits per heavy atom. The van der Waals surface area contributed by atoms with Gasteiger partial charge in [0.2, 0.25) is 0 Å². The van der Waals surface area contributed by atoms with Gasteiger partial charge in [-0.25, -0.2) is 0 Å². The van der Waals surface area contributed by atoms with Crippen LogP contribution >= 0.6 is 0 Å². The first-order valence-corrected chi connectivity index (χ1v) is 7.69. The van der Waals surface area contributed by atoms with E-state index in [9.17, 15) is 0 Å². The molecule has 5 nitrogen and oxygen atoms in total. The van der Waals surface area contributed by atoms with Gasteiger partial charge in [0, 0.05) is 57.8 Å². The molecule has 3 heterocycles. The van der Waals surface area contributed by atoms with Crippen molar-refractivity contribution >= 4 is 0 Å².